The number of hydrogen-bond donors (Lipinski definition) is 1. The molecule has 1 saturated heterocycles. The lowest BCUT2D eigenvalue weighted by atomic mass is 10.1. The maximum Gasteiger partial charge on any atom is 0.251 e. The van der Waals surface area contributed by atoms with Gasteiger partial charge < -0.3 is 15.4 Å². The highest BCUT2D eigenvalue weighted by Gasteiger charge is 2.31. The molecule has 1 aliphatic rings. The van der Waals surface area contributed by atoms with E-state index in [0.29, 0.717) is 13.1 Å². The number of carbonyl (C=O) groups is 1. The number of halogens is 1. The van der Waals surface area contributed by atoms with Crippen LogP contribution in [0.5, 0.6) is 0 Å². The van der Waals surface area contributed by atoms with E-state index in [2.05, 4.69) is 19.1 Å². The maximum absolute atomic E-state index is 12.3. The smallest absolute Gasteiger partial charge is 0.251 e. The number of likely N-dealkylation sites (N-methyl/N-ethyl adjacent to an activating group) is 1. The average Bonchev–Trinajstić information content (AvgIpc) is 2.89. The predicted molar refractivity (Wildman–Crippen MR) is 81.9 cm³/mol. The van der Waals surface area contributed by atoms with E-state index in [-0.39, 0.29) is 30.5 Å². The molecule has 0 saturated carbocycles. The van der Waals surface area contributed by atoms with Gasteiger partial charge in [-0.3, -0.25) is 4.79 Å². The minimum absolute atomic E-state index is 0. The van der Waals surface area contributed by atoms with Crippen LogP contribution >= 0.6 is 12.4 Å². The molecule has 4 nitrogen and oxygen atoms in total. The molecular weight excluding hydrogens is 276 g/mol. The first-order chi connectivity index (χ1) is 9.11. The van der Waals surface area contributed by atoms with Crippen molar-refractivity contribution in [2.75, 3.05) is 13.6 Å². The van der Waals surface area contributed by atoms with Gasteiger partial charge in [-0.05, 0) is 30.9 Å². The molecule has 0 bridgehead atoms. The second kappa shape index (κ2) is 7.62. The summed E-state index contributed by atoms with van der Waals surface area (Å²) in [7, 11) is 1.83. The van der Waals surface area contributed by atoms with Crippen molar-refractivity contribution < 1.29 is 9.53 Å². The third-order valence-electron chi connectivity index (χ3n) is 3.69. The van der Waals surface area contributed by atoms with Crippen molar-refractivity contribution in [3.63, 3.8) is 0 Å². The Labute approximate surface area is 126 Å². The third-order valence-corrected chi connectivity index (χ3v) is 3.69. The van der Waals surface area contributed by atoms with Crippen LogP contribution in [0, 0.1) is 6.92 Å². The normalized spacial score (nSPS) is 21.4. The van der Waals surface area contributed by atoms with Crippen molar-refractivity contribution in [3.05, 3.63) is 35.4 Å². The fourth-order valence-corrected chi connectivity index (χ4v) is 2.43. The van der Waals surface area contributed by atoms with Gasteiger partial charge in [-0.1, -0.05) is 24.3 Å². The average molecular weight is 299 g/mol. The van der Waals surface area contributed by atoms with E-state index in [9.17, 15) is 4.79 Å². The lowest BCUT2D eigenvalue weighted by Crippen LogP contribution is -2.36. The topological polar surface area (TPSA) is 55.6 Å². The monoisotopic (exact) mass is 298 g/mol. The van der Waals surface area contributed by atoms with Crippen LogP contribution in [0.1, 0.15) is 24.0 Å². The zero-order valence-electron chi connectivity index (χ0n) is 12.0. The second-order valence-electron chi connectivity index (χ2n) is 5.18. The van der Waals surface area contributed by atoms with E-state index in [1.807, 2.05) is 19.2 Å². The first-order valence-electron chi connectivity index (χ1n) is 6.77. The minimum Gasteiger partial charge on any atom is -0.364 e. The zero-order valence-corrected chi connectivity index (χ0v) is 12.9. The van der Waals surface area contributed by atoms with Gasteiger partial charge in [-0.25, -0.2) is 0 Å². The molecule has 1 heterocycles. The van der Waals surface area contributed by atoms with E-state index in [4.69, 9.17) is 10.5 Å². The molecule has 112 valence electrons. The van der Waals surface area contributed by atoms with Gasteiger partial charge in [0.15, 0.2) is 0 Å². The molecule has 2 atom stereocenters. The Morgan fingerprint density at radius 2 is 2.10 bits per heavy atom. The van der Waals surface area contributed by atoms with Gasteiger partial charge in [0.1, 0.15) is 6.10 Å². The Hall–Kier alpha value is -1.10. The number of ether oxygens (including phenoxy) is 1. The molecule has 5 heteroatoms. The maximum atomic E-state index is 12.3. The van der Waals surface area contributed by atoms with Crippen molar-refractivity contribution in [3.8, 4) is 0 Å². The Balaban J connectivity index is 0.00000200. The van der Waals surface area contributed by atoms with Crippen LogP contribution in [0.4, 0.5) is 0 Å². The fraction of sp³-hybridized carbons (Fsp3) is 0.533. The van der Waals surface area contributed by atoms with Gasteiger partial charge in [0.25, 0.3) is 5.91 Å². The quantitative estimate of drug-likeness (QED) is 0.923. The zero-order chi connectivity index (χ0) is 13.8. The van der Waals surface area contributed by atoms with Crippen LogP contribution in [0.25, 0.3) is 0 Å². The highest BCUT2D eigenvalue weighted by Crippen LogP contribution is 2.21. The molecule has 1 aliphatic heterocycles. The number of aryl methyl sites for hydroxylation is 1. The first-order valence-corrected chi connectivity index (χ1v) is 6.77. The molecule has 2 rings (SSSR count). The number of nitrogens with zero attached hydrogens (tertiary/aromatic N) is 1. The molecule has 0 aromatic heterocycles. The predicted octanol–water partition coefficient (Wildman–Crippen LogP) is 1.88. The number of carbonyl (C=O) groups excluding carboxylic acids is 1. The Bertz CT molecular complexity index is 453. The van der Waals surface area contributed by atoms with Gasteiger partial charge in [0, 0.05) is 20.1 Å². The van der Waals surface area contributed by atoms with Gasteiger partial charge >= 0.3 is 0 Å². The molecule has 0 spiro atoms. The Morgan fingerprint density at radius 1 is 1.40 bits per heavy atom. The van der Waals surface area contributed by atoms with Crippen molar-refractivity contribution in [1.82, 2.24) is 4.90 Å². The highest BCUT2D eigenvalue weighted by atomic mass is 35.5. The second-order valence-corrected chi connectivity index (χ2v) is 5.18. The van der Waals surface area contributed by atoms with E-state index >= 15 is 0 Å². The summed E-state index contributed by atoms with van der Waals surface area (Å²) in [6.45, 7) is 3.17. The van der Waals surface area contributed by atoms with E-state index in [1.54, 1.807) is 4.90 Å². The van der Waals surface area contributed by atoms with Crippen LogP contribution in [0.2, 0.25) is 0 Å². The largest absolute Gasteiger partial charge is 0.364 e. The van der Waals surface area contributed by atoms with Gasteiger partial charge in [-0.2, -0.15) is 0 Å². The van der Waals surface area contributed by atoms with Crippen LogP contribution in [-0.4, -0.2) is 36.6 Å². The van der Waals surface area contributed by atoms with Gasteiger partial charge in [-0.15, -0.1) is 12.4 Å². The third kappa shape index (κ3) is 3.95. The van der Waals surface area contributed by atoms with Crippen molar-refractivity contribution in [1.29, 1.82) is 0 Å². The number of amides is 1. The van der Waals surface area contributed by atoms with Gasteiger partial charge in [0.2, 0.25) is 0 Å². The molecule has 20 heavy (non-hydrogen) atoms. The molecule has 0 radical (unpaired) electrons. The molecular formula is C15H23ClN2O2. The first kappa shape index (κ1) is 17.0. The summed E-state index contributed by atoms with van der Waals surface area (Å²) in [4.78, 5) is 14.0. The van der Waals surface area contributed by atoms with Crippen molar-refractivity contribution >= 4 is 18.3 Å². The highest BCUT2D eigenvalue weighted by molar-refractivity contribution is 5.85. The molecule has 1 aromatic carbocycles. The molecule has 1 fully saturated rings. The SMILES string of the molecule is Cc1ccccc1CN(C)C(=O)[C@@H]1CC[C@H](CN)O1.Cl. The molecule has 1 amide bonds. The summed E-state index contributed by atoms with van der Waals surface area (Å²) in [5.41, 5.74) is 7.94. The lowest BCUT2D eigenvalue weighted by Gasteiger charge is -2.22. The summed E-state index contributed by atoms with van der Waals surface area (Å²) < 4.78 is 5.65. The van der Waals surface area contributed by atoms with E-state index in [0.717, 1.165) is 12.8 Å². The van der Waals surface area contributed by atoms with Crippen molar-refractivity contribution in [2.24, 2.45) is 5.73 Å². The number of benzene rings is 1. The van der Waals surface area contributed by atoms with Crippen LogP contribution in [0.15, 0.2) is 24.3 Å². The number of rotatable bonds is 4. The molecule has 0 aliphatic carbocycles. The number of nitrogens with two attached hydrogens (primary N) is 1. The van der Waals surface area contributed by atoms with Crippen LogP contribution < -0.4 is 5.73 Å². The molecule has 0 unspecified atom stereocenters. The van der Waals surface area contributed by atoms with Gasteiger partial charge in [0.05, 0.1) is 6.10 Å². The van der Waals surface area contributed by atoms with Crippen LogP contribution in [0.3, 0.4) is 0 Å². The standard InChI is InChI=1S/C15H22N2O2.ClH/c1-11-5-3-4-6-12(11)10-17(2)15(18)14-8-7-13(9-16)19-14;/h3-6,13-14H,7-10,16H2,1-2H3;1H/t13-,14+;/m1./s1. The summed E-state index contributed by atoms with van der Waals surface area (Å²) in [6.07, 6.45) is 1.38. The minimum atomic E-state index is -0.317. The molecule has 1 aromatic rings. The Morgan fingerprint density at radius 3 is 2.70 bits per heavy atom. The van der Waals surface area contributed by atoms with E-state index in [1.165, 1.54) is 11.1 Å². The van der Waals surface area contributed by atoms with E-state index < -0.39 is 0 Å². The number of hydrogen-bond acceptors (Lipinski definition) is 3. The fourth-order valence-electron chi connectivity index (χ4n) is 2.43. The van der Waals surface area contributed by atoms with Crippen molar-refractivity contribution in [2.45, 2.75) is 38.5 Å². The summed E-state index contributed by atoms with van der Waals surface area (Å²) in [5, 5.41) is 0. The van der Waals surface area contributed by atoms with Crippen LogP contribution in [-0.2, 0) is 16.1 Å². The Kier molecular flexibility index (Phi) is 6.46. The summed E-state index contributed by atoms with van der Waals surface area (Å²) >= 11 is 0. The molecule has 2 N–H and O–H groups in total. The summed E-state index contributed by atoms with van der Waals surface area (Å²) in [5.74, 6) is 0.0548. The lowest BCUT2D eigenvalue weighted by molar-refractivity contribution is -0.141. The summed E-state index contributed by atoms with van der Waals surface area (Å²) in [6, 6.07) is 8.12.